The van der Waals surface area contributed by atoms with Crippen LogP contribution in [0.3, 0.4) is 0 Å². The number of nitrogen functional groups attached to an aromatic ring is 1. The molecule has 2 aromatic heterocycles. The summed E-state index contributed by atoms with van der Waals surface area (Å²) in [4.78, 5) is 29.0. The minimum atomic E-state index is -0.376. The Morgan fingerprint density at radius 3 is 3.00 bits per heavy atom. The van der Waals surface area contributed by atoms with E-state index < -0.39 is 0 Å². The average Bonchev–Trinajstić information content (AvgIpc) is 2.83. The molecule has 0 aliphatic carbocycles. The number of amides is 1. The molecular formula is C17H15N3O3S. The Labute approximate surface area is 141 Å². The number of rotatable bonds is 1. The van der Waals surface area contributed by atoms with Gasteiger partial charge in [-0.15, -0.1) is 11.3 Å². The second-order valence-electron chi connectivity index (χ2n) is 5.90. The number of aryl methyl sites for hydroxylation is 1. The average molecular weight is 341 g/mol. The molecule has 1 aliphatic heterocycles. The Kier molecular flexibility index (Phi) is 3.38. The summed E-state index contributed by atoms with van der Waals surface area (Å²) in [6, 6.07) is 7.21. The molecule has 0 bridgehead atoms. The summed E-state index contributed by atoms with van der Waals surface area (Å²) in [6.07, 6.45) is 0.316. The van der Waals surface area contributed by atoms with E-state index >= 15 is 0 Å². The number of thiazole rings is 1. The predicted molar refractivity (Wildman–Crippen MR) is 92.1 cm³/mol. The summed E-state index contributed by atoms with van der Waals surface area (Å²) >= 11 is 1.40. The van der Waals surface area contributed by atoms with Crippen molar-refractivity contribution in [2.75, 3.05) is 5.73 Å². The third kappa shape index (κ3) is 2.46. The fraction of sp³-hybridized carbons (Fsp3) is 0.235. The van der Waals surface area contributed by atoms with Gasteiger partial charge in [0.2, 0.25) is 5.91 Å². The van der Waals surface area contributed by atoms with Crippen LogP contribution in [0.25, 0.3) is 11.0 Å². The number of nitrogens with zero attached hydrogens (tertiary/aromatic N) is 1. The van der Waals surface area contributed by atoms with Crippen LogP contribution in [0.4, 0.5) is 5.13 Å². The van der Waals surface area contributed by atoms with Crippen LogP contribution in [0.5, 0.6) is 0 Å². The van der Waals surface area contributed by atoms with Crippen LogP contribution >= 0.6 is 11.3 Å². The van der Waals surface area contributed by atoms with Crippen molar-refractivity contribution in [3.05, 3.63) is 56.4 Å². The lowest BCUT2D eigenvalue weighted by Crippen LogP contribution is -2.21. The molecule has 3 N–H and O–H groups in total. The summed E-state index contributed by atoms with van der Waals surface area (Å²) in [5, 5.41) is 4.22. The highest BCUT2D eigenvalue weighted by Crippen LogP contribution is 2.38. The number of nitrogens with two attached hydrogens (primary N) is 1. The van der Waals surface area contributed by atoms with E-state index in [2.05, 4.69) is 10.3 Å². The first-order chi connectivity index (χ1) is 11.5. The zero-order valence-corrected chi connectivity index (χ0v) is 13.8. The number of fused-ring (bicyclic) bond motifs is 2. The first-order valence-electron chi connectivity index (χ1n) is 7.57. The number of aromatic nitrogens is 1. The lowest BCUT2D eigenvalue weighted by atomic mass is 9.92. The lowest BCUT2D eigenvalue weighted by molar-refractivity contribution is -0.121. The van der Waals surface area contributed by atoms with Gasteiger partial charge in [0.1, 0.15) is 5.58 Å². The first-order valence-corrected chi connectivity index (χ1v) is 8.39. The molecule has 6 nitrogen and oxygen atoms in total. The number of benzene rings is 1. The van der Waals surface area contributed by atoms with Gasteiger partial charge in [0.05, 0.1) is 12.2 Å². The van der Waals surface area contributed by atoms with Crippen molar-refractivity contribution in [3.63, 3.8) is 0 Å². The fourth-order valence-electron chi connectivity index (χ4n) is 3.14. The van der Waals surface area contributed by atoms with Crippen LogP contribution in [0.1, 0.15) is 34.0 Å². The van der Waals surface area contributed by atoms with Gasteiger partial charge in [0.25, 0.3) is 0 Å². The third-order valence-corrected chi connectivity index (χ3v) is 5.32. The van der Waals surface area contributed by atoms with Crippen molar-refractivity contribution < 1.29 is 9.21 Å². The maximum atomic E-state index is 12.1. The van der Waals surface area contributed by atoms with E-state index in [1.165, 1.54) is 17.4 Å². The van der Waals surface area contributed by atoms with E-state index in [0.717, 1.165) is 27.1 Å². The SMILES string of the molecule is Cc1cc(=O)oc2cc([C@H]3CC(=O)NCc4nc(N)sc43)ccc12. The van der Waals surface area contributed by atoms with E-state index in [-0.39, 0.29) is 17.5 Å². The lowest BCUT2D eigenvalue weighted by Gasteiger charge is -2.14. The normalized spacial score (nSPS) is 17.4. The van der Waals surface area contributed by atoms with Crippen molar-refractivity contribution >= 4 is 33.3 Å². The van der Waals surface area contributed by atoms with Gasteiger partial charge in [-0.2, -0.15) is 0 Å². The van der Waals surface area contributed by atoms with Crippen LogP contribution < -0.4 is 16.7 Å². The molecule has 0 radical (unpaired) electrons. The van der Waals surface area contributed by atoms with Crippen molar-refractivity contribution in [2.45, 2.75) is 25.8 Å². The zero-order valence-electron chi connectivity index (χ0n) is 13.0. The Bertz CT molecular complexity index is 1020. The number of anilines is 1. The maximum absolute atomic E-state index is 12.1. The highest BCUT2D eigenvalue weighted by molar-refractivity contribution is 7.15. The molecule has 7 heteroatoms. The van der Waals surface area contributed by atoms with E-state index in [4.69, 9.17) is 10.2 Å². The van der Waals surface area contributed by atoms with Gasteiger partial charge in [0, 0.05) is 28.7 Å². The molecule has 0 saturated carbocycles. The maximum Gasteiger partial charge on any atom is 0.336 e. The minimum Gasteiger partial charge on any atom is -0.423 e. The summed E-state index contributed by atoms with van der Waals surface area (Å²) < 4.78 is 5.33. The van der Waals surface area contributed by atoms with Crippen LogP contribution in [0.2, 0.25) is 0 Å². The Hall–Kier alpha value is -2.67. The molecule has 1 amide bonds. The molecule has 3 aromatic rings. The van der Waals surface area contributed by atoms with Gasteiger partial charge in [-0.05, 0) is 24.1 Å². The van der Waals surface area contributed by atoms with Gasteiger partial charge in [-0.25, -0.2) is 9.78 Å². The molecule has 24 heavy (non-hydrogen) atoms. The monoisotopic (exact) mass is 341 g/mol. The third-order valence-electron chi connectivity index (χ3n) is 4.28. The number of hydrogen-bond donors (Lipinski definition) is 2. The molecule has 4 rings (SSSR count). The predicted octanol–water partition coefficient (Wildman–Crippen LogP) is 2.29. The van der Waals surface area contributed by atoms with Gasteiger partial charge in [0.15, 0.2) is 5.13 Å². The molecule has 122 valence electrons. The zero-order chi connectivity index (χ0) is 16.8. The van der Waals surface area contributed by atoms with E-state index in [0.29, 0.717) is 23.7 Å². The Balaban J connectivity index is 1.89. The topological polar surface area (TPSA) is 98.2 Å². The molecule has 0 fully saturated rings. The molecule has 0 spiro atoms. The minimum absolute atomic E-state index is 0.0328. The highest BCUT2D eigenvalue weighted by atomic mass is 32.1. The van der Waals surface area contributed by atoms with Crippen LogP contribution in [-0.4, -0.2) is 10.9 Å². The van der Waals surface area contributed by atoms with Crippen molar-refractivity contribution in [1.82, 2.24) is 10.3 Å². The summed E-state index contributed by atoms with van der Waals surface area (Å²) in [5.41, 5.74) is 8.59. The van der Waals surface area contributed by atoms with Crippen molar-refractivity contribution in [1.29, 1.82) is 0 Å². The summed E-state index contributed by atoms with van der Waals surface area (Å²) in [7, 11) is 0. The number of hydrogen-bond acceptors (Lipinski definition) is 6. The van der Waals surface area contributed by atoms with E-state index in [9.17, 15) is 9.59 Å². The largest absolute Gasteiger partial charge is 0.423 e. The molecule has 1 aromatic carbocycles. The standard InChI is InChI=1S/C17H15N3O3S/c1-8-4-15(22)23-13-5-9(2-3-10(8)13)11-6-14(21)19-7-12-16(11)24-17(18)20-12/h2-5,11H,6-7H2,1H3,(H2,18,20)(H,19,21)/t11-/m1/s1. The molecular weight excluding hydrogens is 326 g/mol. The van der Waals surface area contributed by atoms with Crippen molar-refractivity contribution in [3.8, 4) is 0 Å². The molecule has 3 heterocycles. The smallest absolute Gasteiger partial charge is 0.336 e. The van der Waals surface area contributed by atoms with Gasteiger partial charge < -0.3 is 15.5 Å². The Morgan fingerprint density at radius 1 is 1.33 bits per heavy atom. The summed E-state index contributed by atoms with van der Waals surface area (Å²) in [5.74, 6) is -0.179. The number of carbonyl (C=O) groups is 1. The van der Waals surface area contributed by atoms with E-state index in [1.807, 2.05) is 25.1 Å². The summed E-state index contributed by atoms with van der Waals surface area (Å²) in [6.45, 7) is 2.26. The van der Waals surface area contributed by atoms with E-state index in [1.54, 1.807) is 0 Å². The van der Waals surface area contributed by atoms with Gasteiger partial charge >= 0.3 is 5.63 Å². The van der Waals surface area contributed by atoms with Crippen molar-refractivity contribution in [2.24, 2.45) is 0 Å². The quantitative estimate of drug-likeness (QED) is 0.662. The Morgan fingerprint density at radius 2 is 2.17 bits per heavy atom. The molecule has 0 unspecified atom stereocenters. The molecule has 1 atom stereocenters. The second-order valence-corrected chi connectivity index (χ2v) is 6.96. The van der Waals surface area contributed by atoms with Crippen LogP contribution in [0, 0.1) is 6.92 Å². The van der Waals surface area contributed by atoms with Gasteiger partial charge in [-0.3, -0.25) is 4.79 Å². The second kappa shape index (κ2) is 5.45. The fourth-order valence-corrected chi connectivity index (χ4v) is 4.12. The molecule has 0 saturated heterocycles. The van der Waals surface area contributed by atoms with Crippen LogP contribution in [0.15, 0.2) is 33.5 Å². The number of nitrogens with one attached hydrogen (secondary N) is 1. The molecule has 1 aliphatic rings. The number of carbonyl (C=O) groups excluding carboxylic acids is 1. The van der Waals surface area contributed by atoms with Crippen LogP contribution in [-0.2, 0) is 11.3 Å². The highest BCUT2D eigenvalue weighted by Gasteiger charge is 2.28. The van der Waals surface area contributed by atoms with Gasteiger partial charge in [-0.1, -0.05) is 12.1 Å². The first kappa shape index (κ1) is 14.9.